The minimum atomic E-state index is -0.991. The van der Waals surface area contributed by atoms with Gasteiger partial charge in [0, 0.05) is 25.1 Å². The molecule has 0 unspecified atom stereocenters. The molecule has 2 aromatic rings. The first-order valence-corrected chi connectivity index (χ1v) is 7.78. The van der Waals surface area contributed by atoms with Crippen molar-refractivity contribution >= 4 is 5.91 Å². The zero-order valence-electron chi connectivity index (χ0n) is 14.1. The van der Waals surface area contributed by atoms with E-state index < -0.39 is 5.60 Å². The van der Waals surface area contributed by atoms with E-state index in [0.717, 1.165) is 5.56 Å². The first kappa shape index (κ1) is 17.2. The molecule has 23 heavy (non-hydrogen) atoms. The van der Waals surface area contributed by atoms with Gasteiger partial charge in [-0.3, -0.25) is 4.79 Å². The second kappa shape index (κ2) is 6.96. The van der Waals surface area contributed by atoms with Crippen LogP contribution in [0.3, 0.4) is 0 Å². The number of hydrogen-bond acceptors (Lipinski definition) is 4. The number of benzene rings is 1. The topological polar surface area (TPSA) is 66.6 Å². The molecule has 5 nitrogen and oxygen atoms in total. The normalized spacial score (nSPS) is 11.7. The SMILES string of the molecule is CC(C)c1cc(C(=O)N(Cc2ccccc2)CC(C)(C)O)no1. The van der Waals surface area contributed by atoms with Crippen LogP contribution in [-0.4, -0.2) is 33.2 Å². The van der Waals surface area contributed by atoms with Crippen molar-refractivity contribution in [2.75, 3.05) is 6.54 Å². The zero-order chi connectivity index (χ0) is 17.0. The smallest absolute Gasteiger partial charge is 0.276 e. The Morgan fingerprint density at radius 2 is 1.96 bits per heavy atom. The summed E-state index contributed by atoms with van der Waals surface area (Å²) in [4.78, 5) is 14.3. The quantitative estimate of drug-likeness (QED) is 0.888. The number of carbonyl (C=O) groups excluding carboxylic acids is 1. The molecule has 0 radical (unpaired) electrons. The van der Waals surface area contributed by atoms with E-state index in [9.17, 15) is 9.90 Å². The van der Waals surface area contributed by atoms with Gasteiger partial charge in [-0.1, -0.05) is 49.3 Å². The summed E-state index contributed by atoms with van der Waals surface area (Å²) in [5, 5.41) is 14.0. The lowest BCUT2D eigenvalue weighted by molar-refractivity contribution is 0.0274. The molecule has 1 heterocycles. The largest absolute Gasteiger partial charge is 0.389 e. The Kier molecular flexibility index (Phi) is 5.21. The maximum atomic E-state index is 12.8. The minimum absolute atomic E-state index is 0.168. The Bertz CT molecular complexity index is 642. The standard InChI is InChI=1S/C18H24N2O3/c1-13(2)16-10-15(19-23-16)17(21)20(12-18(3,4)22)11-14-8-6-5-7-9-14/h5-10,13,22H,11-12H2,1-4H3. The molecule has 0 aliphatic heterocycles. The number of rotatable bonds is 6. The lowest BCUT2D eigenvalue weighted by atomic mass is 10.1. The van der Waals surface area contributed by atoms with E-state index >= 15 is 0 Å². The van der Waals surface area contributed by atoms with E-state index in [1.54, 1.807) is 24.8 Å². The molecule has 1 aromatic carbocycles. The van der Waals surface area contributed by atoms with Gasteiger partial charge in [-0.2, -0.15) is 0 Å². The van der Waals surface area contributed by atoms with Gasteiger partial charge in [-0.05, 0) is 19.4 Å². The van der Waals surface area contributed by atoms with Crippen LogP contribution in [0, 0.1) is 0 Å². The van der Waals surface area contributed by atoms with Crippen LogP contribution in [0.4, 0.5) is 0 Å². The van der Waals surface area contributed by atoms with Crippen LogP contribution in [0.5, 0.6) is 0 Å². The summed E-state index contributed by atoms with van der Waals surface area (Å²) in [6, 6.07) is 11.4. The first-order valence-electron chi connectivity index (χ1n) is 7.78. The Morgan fingerprint density at radius 3 is 2.48 bits per heavy atom. The van der Waals surface area contributed by atoms with Crippen molar-refractivity contribution in [1.82, 2.24) is 10.1 Å². The average Bonchev–Trinajstić information content (AvgIpc) is 2.95. The number of hydrogen-bond donors (Lipinski definition) is 1. The fourth-order valence-electron chi connectivity index (χ4n) is 2.29. The molecule has 1 N–H and O–H groups in total. The molecule has 0 bridgehead atoms. The summed E-state index contributed by atoms with van der Waals surface area (Å²) in [6.07, 6.45) is 0. The van der Waals surface area contributed by atoms with Crippen LogP contribution in [0.25, 0.3) is 0 Å². The highest BCUT2D eigenvalue weighted by Crippen LogP contribution is 2.18. The number of nitrogens with zero attached hydrogens (tertiary/aromatic N) is 2. The van der Waals surface area contributed by atoms with Crippen molar-refractivity contribution in [2.45, 2.75) is 45.8 Å². The molecule has 0 saturated heterocycles. The molecular formula is C18H24N2O3. The third kappa shape index (κ3) is 4.93. The summed E-state index contributed by atoms with van der Waals surface area (Å²) < 4.78 is 5.22. The molecular weight excluding hydrogens is 292 g/mol. The van der Waals surface area contributed by atoms with Crippen LogP contribution >= 0.6 is 0 Å². The molecule has 0 saturated carbocycles. The van der Waals surface area contributed by atoms with Crippen LogP contribution in [0.15, 0.2) is 40.9 Å². The number of carbonyl (C=O) groups is 1. The maximum Gasteiger partial charge on any atom is 0.276 e. The lowest BCUT2D eigenvalue weighted by Gasteiger charge is -2.28. The summed E-state index contributed by atoms with van der Waals surface area (Å²) in [5.41, 5.74) is 0.279. The van der Waals surface area contributed by atoms with Crippen LogP contribution in [-0.2, 0) is 6.54 Å². The number of aromatic nitrogens is 1. The molecule has 2 rings (SSSR count). The van der Waals surface area contributed by atoms with Gasteiger partial charge in [0.15, 0.2) is 5.69 Å². The highest BCUT2D eigenvalue weighted by atomic mass is 16.5. The molecule has 0 aliphatic carbocycles. The molecule has 1 aromatic heterocycles. The van der Waals surface area contributed by atoms with E-state index in [4.69, 9.17) is 4.52 Å². The molecule has 0 fully saturated rings. The minimum Gasteiger partial charge on any atom is -0.389 e. The van der Waals surface area contributed by atoms with Gasteiger partial charge in [0.2, 0.25) is 0 Å². The summed E-state index contributed by atoms with van der Waals surface area (Å²) in [6.45, 7) is 7.94. The third-order valence-corrected chi connectivity index (χ3v) is 3.40. The highest BCUT2D eigenvalue weighted by molar-refractivity contribution is 5.92. The fourth-order valence-corrected chi connectivity index (χ4v) is 2.29. The van der Waals surface area contributed by atoms with Gasteiger partial charge in [-0.25, -0.2) is 0 Å². The summed E-state index contributed by atoms with van der Waals surface area (Å²) in [7, 11) is 0. The second-order valence-electron chi connectivity index (χ2n) is 6.73. The molecule has 1 amide bonds. The van der Waals surface area contributed by atoms with Crippen LogP contribution in [0.2, 0.25) is 0 Å². The summed E-state index contributed by atoms with van der Waals surface area (Å²) >= 11 is 0. The van der Waals surface area contributed by atoms with Crippen molar-refractivity contribution < 1.29 is 14.4 Å². The van der Waals surface area contributed by atoms with Crippen LogP contribution in [0.1, 0.15) is 55.4 Å². The first-order chi connectivity index (χ1) is 10.8. The Hall–Kier alpha value is -2.14. The van der Waals surface area contributed by atoms with Crippen molar-refractivity contribution in [3.8, 4) is 0 Å². The van der Waals surface area contributed by atoms with Crippen molar-refractivity contribution in [2.24, 2.45) is 0 Å². The van der Waals surface area contributed by atoms with Crippen molar-refractivity contribution in [1.29, 1.82) is 0 Å². The van der Waals surface area contributed by atoms with Crippen LogP contribution < -0.4 is 0 Å². The Labute approximate surface area is 136 Å². The van der Waals surface area contributed by atoms with E-state index in [2.05, 4.69) is 5.16 Å². The molecule has 0 aliphatic rings. The zero-order valence-corrected chi connectivity index (χ0v) is 14.1. The predicted octanol–water partition coefficient (Wildman–Crippen LogP) is 3.21. The molecule has 0 atom stereocenters. The van der Waals surface area contributed by atoms with Gasteiger partial charge in [-0.15, -0.1) is 0 Å². The van der Waals surface area contributed by atoms with E-state index in [1.807, 2.05) is 44.2 Å². The molecule has 5 heteroatoms. The predicted molar refractivity (Wildman–Crippen MR) is 88.1 cm³/mol. The van der Waals surface area contributed by atoms with E-state index in [0.29, 0.717) is 12.3 Å². The Morgan fingerprint density at radius 1 is 1.30 bits per heavy atom. The van der Waals surface area contributed by atoms with Crippen molar-refractivity contribution in [3.05, 3.63) is 53.4 Å². The van der Waals surface area contributed by atoms with Crippen molar-refractivity contribution in [3.63, 3.8) is 0 Å². The van der Waals surface area contributed by atoms with E-state index in [-0.39, 0.29) is 24.1 Å². The van der Waals surface area contributed by atoms with Gasteiger partial charge in [0.25, 0.3) is 5.91 Å². The van der Waals surface area contributed by atoms with Gasteiger partial charge in [0.1, 0.15) is 5.76 Å². The van der Waals surface area contributed by atoms with Gasteiger partial charge < -0.3 is 14.5 Å². The third-order valence-electron chi connectivity index (χ3n) is 3.40. The Balaban J connectivity index is 2.22. The number of amides is 1. The summed E-state index contributed by atoms with van der Waals surface area (Å²) in [5.74, 6) is 0.601. The van der Waals surface area contributed by atoms with Gasteiger partial charge >= 0.3 is 0 Å². The monoisotopic (exact) mass is 316 g/mol. The fraction of sp³-hybridized carbons (Fsp3) is 0.444. The number of aliphatic hydroxyl groups is 1. The molecule has 0 spiro atoms. The van der Waals surface area contributed by atoms with Gasteiger partial charge in [0.05, 0.1) is 5.60 Å². The molecule has 124 valence electrons. The highest BCUT2D eigenvalue weighted by Gasteiger charge is 2.26. The second-order valence-corrected chi connectivity index (χ2v) is 6.73. The lowest BCUT2D eigenvalue weighted by Crippen LogP contribution is -2.42. The maximum absolute atomic E-state index is 12.8. The van der Waals surface area contributed by atoms with E-state index in [1.165, 1.54) is 0 Å². The average molecular weight is 316 g/mol.